The number of fused-ring (bicyclic) bond motifs is 1. The van der Waals surface area contributed by atoms with Crippen LogP contribution in [0.4, 0.5) is 0 Å². The number of benzene rings is 1. The molecule has 0 atom stereocenters. The van der Waals surface area contributed by atoms with Crippen LogP contribution in [0, 0.1) is 0 Å². The van der Waals surface area contributed by atoms with Crippen LogP contribution in [0.2, 0.25) is 0 Å². The summed E-state index contributed by atoms with van der Waals surface area (Å²) in [4.78, 5) is 15.7. The fourth-order valence-electron chi connectivity index (χ4n) is 1.55. The summed E-state index contributed by atoms with van der Waals surface area (Å²) in [6, 6.07) is 5.48. The lowest BCUT2D eigenvalue weighted by Crippen LogP contribution is -2.01. The Kier molecular flexibility index (Phi) is 1.96. The zero-order chi connectivity index (χ0) is 11.0. The predicted octanol–water partition coefficient (Wildman–Crippen LogP) is 0.814. The molecule has 74 valence electrons. The first-order valence-corrected chi connectivity index (χ1v) is 4.84. The van der Waals surface area contributed by atoms with Gasteiger partial charge in [-0.1, -0.05) is 11.5 Å². The molecule has 3 rings (SSSR count). The summed E-state index contributed by atoms with van der Waals surface area (Å²) in [7, 11) is 5.67. The molecule has 0 saturated heterocycles. The SMILES string of the molecule is [B]c1ccc2nc(-c3cnc[nH]3)cnc2c1. The van der Waals surface area contributed by atoms with E-state index in [9.17, 15) is 0 Å². The molecule has 0 fully saturated rings. The molecule has 5 heteroatoms. The summed E-state index contributed by atoms with van der Waals surface area (Å²) < 4.78 is 0. The van der Waals surface area contributed by atoms with Crippen molar-refractivity contribution in [2.75, 3.05) is 0 Å². The number of nitrogens with zero attached hydrogens (tertiary/aromatic N) is 3. The van der Waals surface area contributed by atoms with Crippen molar-refractivity contribution in [3.63, 3.8) is 0 Å². The molecule has 1 aromatic carbocycles. The summed E-state index contributed by atoms with van der Waals surface area (Å²) >= 11 is 0. The summed E-state index contributed by atoms with van der Waals surface area (Å²) in [6.07, 6.45) is 5.03. The van der Waals surface area contributed by atoms with Crippen LogP contribution < -0.4 is 5.46 Å². The van der Waals surface area contributed by atoms with E-state index in [4.69, 9.17) is 7.85 Å². The second kappa shape index (κ2) is 3.45. The average molecular weight is 206 g/mol. The maximum atomic E-state index is 5.67. The van der Waals surface area contributed by atoms with Crippen molar-refractivity contribution < 1.29 is 0 Å². The summed E-state index contributed by atoms with van der Waals surface area (Å²) in [5.41, 5.74) is 3.93. The molecule has 0 aliphatic rings. The van der Waals surface area contributed by atoms with Gasteiger partial charge in [-0.3, -0.25) is 4.98 Å². The Morgan fingerprint density at radius 2 is 2.06 bits per heavy atom. The summed E-state index contributed by atoms with van der Waals surface area (Å²) in [5.74, 6) is 0. The third kappa shape index (κ3) is 1.46. The third-order valence-corrected chi connectivity index (χ3v) is 2.34. The summed E-state index contributed by atoms with van der Waals surface area (Å²) in [5, 5.41) is 0. The van der Waals surface area contributed by atoms with E-state index in [2.05, 4.69) is 19.9 Å². The molecular formula is C11H7BN4. The number of imidazole rings is 1. The molecule has 4 nitrogen and oxygen atoms in total. The Balaban J connectivity index is 2.20. The molecule has 0 bridgehead atoms. The van der Waals surface area contributed by atoms with Gasteiger partial charge in [-0.25, -0.2) is 9.97 Å². The monoisotopic (exact) mass is 206 g/mol. The first-order chi connectivity index (χ1) is 7.83. The fraction of sp³-hybridized carbons (Fsp3) is 0. The van der Waals surface area contributed by atoms with Gasteiger partial charge in [0.1, 0.15) is 13.5 Å². The number of rotatable bonds is 1. The van der Waals surface area contributed by atoms with Gasteiger partial charge in [0.2, 0.25) is 0 Å². The summed E-state index contributed by atoms with van der Waals surface area (Å²) in [6.45, 7) is 0. The number of nitrogens with one attached hydrogen (secondary N) is 1. The van der Waals surface area contributed by atoms with Crippen LogP contribution in [0.3, 0.4) is 0 Å². The molecule has 3 aromatic rings. The molecule has 0 unspecified atom stereocenters. The zero-order valence-corrected chi connectivity index (χ0v) is 8.38. The molecule has 0 aliphatic carbocycles. The average Bonchev–Trinajstić information content (AvgIpc) is 2.82. The van der Waals surface area contributed by atoms with Crippen molar-refractivity contribution in [2.45, 2.75) is 0 Å². The molecule has 1 N–H and O–H groups in total. The van der Waals surface area contributed by atoms with Gasteiger partial charge in [-0.05, 0) is 12.1 Å². The van der Waals surface area contributed by atoms with E-state index in [0.29, 0.717) is 5.46 Å². The normalized spacial score (nSPS) is 10.8. The molecule has 0 aliphatic heterocycles. The minimum Gasteiger partial charge on any atom is -0.343 e. The fourth-order valence-corrected chi connectivity index (χ4v) is 1.55. The van der Waals surface area contributed by atoms with Gasteiger partial charge >= 0.3 is 0 Å². The lowest BCUT2D eigenvalue weighted by molar-refractivity contribution is 1.26. The third-order valence-electron chi connectivity index (χ3n) is 2.34. The van der Waals surface area contributed by atoms with E-state index in [1.165, 1.54) is 0 Å². The quantitative estimate of drug-likeness (QED) is 0.599. The Morgan fingerprint density at radius 1 is 1.12 bits per heavy atom. The van der Waals surface area contributed by atoms with Crippen molar-refractivity contribution in [3.8, 4) is 11.4 Å². The van der Waals surface area contributed by atoms with Crippen LogP contribution in [-0.4, -0.2) is 27.8 Å². The van der Waals surface area contributed by atoms with Gasteiger partial charge in [0.15, 0.2) is 0 Å². The van der Waals surface area contributed by atoms with Crippen LogP contribution >= 0.6 is 0 Å². The lowest BCUT2D eigenvalue weighted by atomic mass is 9.96. The van der Waals surface area contributed by atoms with Crippen molar-refractivity contribution >= 4 is 24.3 Å². The number of hydrogen-bond acceptors (Lipinski definition) is 3. The largest absolute Gasteiger partial charge is 0.343 e. The molecule has 0 spiro atoms. The van der Waals surface area contributed by atoms with Gasteiger partial charge in [-0.2, -0.15) is 0 Å². The highest BCUT2D eigenvalue weighted by molar-refractivity contribution is 6.33. The van der Waals surface area contributed by atoms with Crippen molar-refractivity contribution in [1.82, 2.24) is 19.9 Å². The molecule has 0 saturated carbocycles. The zero-order valence-electron chi connectivity index (χ0n) is 8.38. The number of aromatic nitrogens is 4. The molecule has 16 heavy (non-hydrogen) atoms. The molecule has 0 amide bonds. The van der Waals surface area contributed by atoms with E-state index in [1.54, 1.807) is 24.8 Å². The van der Waals surface area contributed by atoms with Gasteiger partial charge in [0.25, 0.3) is 0 Å². The second-order valence-corrected chi connectivity index (χ2v) is 3.47. The van der Waals surface area contributed by atoms with Gasteiger partial charge in [0, 0.05) is 0 Å². The van der Waals surface area contributed by atoms with Crippen molar-refractivity contribution in [1.29, 1.82) is 0 Å². The second-order valence-electron chi connectivity index (χ2n) is 3.47. The highest BCUT2D eigenvalue weighted by atomic mass is 14.9. The highest BCUT2D eigenvalue weighted by Crippen LogP contribution is 2.15. The van der Waals surface area contributed by atoms with E-state index >= 15 is 0 Å². The standard InChI is InChI=1S/C11H7BN4/c12-7-1-2-8-9(3-7)14-5-11(16-8)10-4-13-6-15-10/h1-6H,(H,13,15). The number of aromatic amines is 1. The maximum Gasteiger partial charge on any atom is 0.113 e. The van der Waals surface area contributed by atoms with Crippen LogP contribution in [0.25, 0.3) is 22.4 Å². The molecule has 2 radical (unpaired) electrons. The van der Waals surface area contributed by atoms with E-state index in [1.807, 2.05) is 12.1 Å². The minimum absolute atomic E-state index is 0.691. The van der Waals surface area contributed by atoms with Crippen LogP contribution in [0.15, 0.2) is 36.9 Å². The molecular weight excluding hydrogens is 199 g/mol. The Bertz CT molecular complexity index is 634. The van der Waals surface area contributed by atoms with Crippen molar-refractivity contribution in [3.05, 3.63) is 36.9 Å². The van der Waals surface area contributed by atoms with E-state index in [-0.39, 0.29) is 0 Å². The Morgan fingerprint density at radius 3 is 2.88 bits per heavy atom. The first kappa shape index (κ1) is 9.09. The topological polar surface area (TPSA) is 54.5 Å². The predicted molar refractivity (Wildman–Crippen MR) is 62.5 cm³/mol. The number of H-pyrrole nitrogens is 1. The van der Waals surface area contributed by atoms with Gasteiger partial charge in [0.05, 0.1) is 35.4 Å². The van der Waals surface area contributed by atoms with E-state index < -0.39 is 0 Å². The van der Waals surface area contributed by atoms with Gasteiger partial charge in [-0.15, -0.1) is 0 Å². The smallest absolute Gasteiger partial charge is 0.113 e. The molecule has 2 aromatic heterocycles. The molecule has 2 heterocycles. The number of hydrogen-bond donors (Lipinski definition) is 1. The highest BCUT2D eigenvalue weighted by Gasteiger charge is 2.03. The van der Waals surface area contributed by atoms with E-state index in [0.717, 1.165) is 22.4 Å². The van der Waals surface area contributed by atoms with Crippen LogP contribution in [-0.2, 0) is 0 Å². The van der Waals surface area contributed by atoms with Crippen molar-refractivity contribution in [2.24, 2.45) is 0 Å². The Labute approximate surface area is 93.2 Å². The van der Waals surface area contributed by atoms with Crippen LogP contribution in [0.5, 0.6) is 0 Å². The maximum absolute atomic E-state index is 5.67. The first-order valence-electron chi connectivity index (χ1n) is 4.84. The minimum atomic E-state index is 0.691. The van der Waals surface area contributed by atoms with Crippen LogP contribution in [0.1, 0.15) is 0 Å². The van der Waals surface area contributed by atoms with Gasteiger partial charge < -0.3 is 4.98 Å². The lowest BCUT2D eigenvalue weighted by Gasteiger charge is -2.01. The Hall–Kier alpha value is -2.17.